The van der Waals surface area contributed by atoms with Crippen LogP contribution in [0.4, 0.5) is 0 Å². The summed E-state index contributed by atoms with van der Waals surface area (Å²) < 4.78 is 5.80. The average molecular weight is 366 g/mol. The molecule has 2 unspecified atom stereocenters. The second-order valence-electron chi connectivity index (χ2n) is 8.45. The second-order valence-corrected chi connectivity index (χ2v) is 8.45. The Labute approximate surface area is 164 Å². The molecule has 0 bridgehead atoms. The SMILES string of the molecule is CCCCCCCC=CCCCCCCCCCN1CC(C)OC(C)C1. The summed E-state index contributed by atoms with van der Waals surface area (Å²) in [6, 6.07) is 0. The molecule has 1 fully saturated rings. The maximum atomic E-state index is 5.80. The van der Waals surface area contributed by atoms with E-state index < -0.39 is 0 Å². The van der Waals surface area contributed by atoms with Crippen LogP contribution in [0.25, 0.3) is 0 Å². The number of unbranched alkanes of at least 4 members (excludes halogenated alkanes) is 12. The molecule has 26 heavy (non-hydrogen) atoms. The van der Waals surface area contributed by atoms with E-state index >= 15 is 0 Å². The van der Waals surface area contributed by atoms with Crippen molar-refractivity contribution < 1.29 is 4.74 Å². The molecule has 1 rings (SSSR count). The van der Waals surface area contributed by atoms with Gasteiger partial charge < -0.3 is 4.74 Å². The van der Waals surface area contributed by atoms with Gasteiger partial charge in [-0.2, -0.15) is 0 Å². The number of nitrogens with zero attached hydrogens (tertiary/aromatic N) is 1. The minimum Gasteiger partial charge on any atom is -0.373 e. The molecule has 0 aromatic rings. The van der Waals surface area contributed by atoms with Gasteiger partial charge in [0, 0.05) is 13.1 Å². The molecule has 1 aliphatic rings. The summed E-state index contributed by atoms with van der Waals surface area (Å²) in [5, 5.41) is 0. The first kappa shape index (κ1) is 23.7. The van der Waals surface area contributed by atoms with Crippen LogP contribution >= 0.6 is 0 Å². The lowest BCUT2D eigenvalue weighted by Gasteiger charge is -2.35. The Morgan fingerprint density at radius 3 is 1.69 bits per heavy atom. The molecule has 2 heteroatoms. The topological polar surface area (TPSA) is 12.5 Å². The third-order valence-corrected chi connectivity index (χ3v) is 5.48. The fourth-order valence-corrected chi connectivity index (χ4v) is 4.05. The molecule has 0 N–H and O–H groups in total. The van der Waals surface area contributed by atoms with Crippen LogP contribution in [-0.4, -0.2) is 36.7 Å². The predicted molar refractivity (Wildman–Crippen MR) is 116 cm³/mol. The molecule has 1 heterocycles. The van der Waals surface area contributed by atoms with E-state index in [1.165, 1.54) is 96.4 Å². The van der Waals surface area contributed by atoms with Crippen molar-refractivity contribution in [3.8, 4) is 0 Å². The van der Waals surface area contributed by atoms with Gasteiger partial charge in [-0.25, -0.2) is 0 Å². The van der Waals surface area contributed by atoms with E-state index in [2.05, 4.69) is 37.8 Å². The van der Waals surface area contributed by atoms with Gasteiger partial charge in [-0.15, -0.1) is 0 Å². The molecule has 0 aromatic carbocycles. The zero-order valence-electron chi connectivity index (χ0n) is 18.2. The lowest BCUT2D eigenvalue weighted by Crippen LogP contribution is -2.45. The summed E-state index contributed by atoms with van der Waals surface area (Å²) in [4.78, 5) is 2.59. The molecule has 0 amide bonds. The van der Waals surface area contributed by atoms with E-state index in [4.69, 9.17) is 4.74 Å². The van der Waals surface area contributed by atoms with Crippen molar-refractivity contribution in [1.29, 1.82) is 0 Å². The lowest BCUT2D eigenvalue weighted by atomic mass is 10.1. The van der Waals surface area contributed by atoms with Gasteiger partial charge in [0.1, 0.15) is 0 Å². The molecule has 154 valence electrons. The van der Waals surface area contributed by atoms with Crippen LogP contribution in [0, 0.1) is 0 Å². The molecule has 2 nitrogen and oxygen atoms in total. The van der Waals surface area contributed by atoms with Gasteiger partial charge in [0.25, 0.3) is 0 Å². The van der Waals surface area contributed by atoms with Gasteiger partial charge in [-0.3, -0.25) is 4.90 Å². The van der Waals surface area contributed by atoms with Gasteiger partial charge in [0.05, 0.1) is 12.2 Å². The van der Waals surface area contributed by atoms with Gasteiger partial charge in [-0.1, -0.05) is 76.9 Å². The molecule has 1 aliphatic heterocycles. The van der Waals surface area contributed by atoms with Crippen LogP contribution in [-0.2, 0) is 4.74 Å². The third-order valence-electron chi connectivity index (χ3n) is 5.48. The second kappa shape index (κ2) is 16.8. The van der Waals surface area contributed by atoms with Gasteiger partial charge in [0.2, 0.25) is 0 Å². The zero-order valence-corrected chi connectivity index (χ0v) is 18.2. The Kier molecular flexibility index (Phi) is 15.3. The highest BCUT2D eigenvalue weighted by Gasteiger charge is 2.21. The van der Waals surface area contributed by atoms with Gasteiger partial charge in [0.15, 0.2) is 0 Å². The lowest BCUT2D eigenvalue weighted by molar-refractivity contribution is -0.0681. The van der Waals surface area contributed by atoms with Crippen LogP contribution in [0.2, 0.25) is 0 Å². The maximum Gasteiger partial charge on any atom is 0.0678 e. The Hall–Kier alpha value is -0.340. The fraction of sp³-hybridized carbons (Fsp3) is 0.917. The minimum atomic E-state index is 0.411. The van der Waals surface area contributed by atoms with E-state index in [0.717, 1.165) is 13.1 Å². The first-order chi connectivity index (χ1) is 12.7. The highest BCUT2D eigenvalue weighted by Crippen LogP contribution is 2.13. The Bertz CT molecular complexity index is 318. The third kappa shape index (κ3) is 13.8. The number of hydrogen-bond acceptors (Lipinski definition) is 2. The molecule has 0 saturated carbocycles. The molecular weight excluding hydrogens is 318 g/mol. The van der Waals surface area contributed by atoms with Crippen LogP contribution in [0.5, 0.6) is 0 Å². The highest BCUT2D eigenvalue weighted by molar-refractivity contribution is 4.81. The average Bonchev–Trinajstić information content (AvgIpc) is 2.60. The van der Waals surface area contributed by atoms with E-state index in [1.807, 2.05) is 0 Å². The Morgan fingerprint density at radius 1 is 0.692 bits per heavy atom. The Balaban J connectivity index is 1.78. The monoisotopic (exact) mass is 365 g/mol. The summed E-state index contributed by atoms with van der Waals surface area (Å²) in [5.41, 5.74) is 0. The summed E-state index contributed by atoms with van der Waals surface area (Å²) in [6.45, 7) is 10.2. The van der Waals surface area contributed by atoms with Crippen LogP contribution in [0.3, 0.4) is 0 Å². The highest BCUT2D eigenvalue weighted by atomic mass is 16.5. The number of rotatable bonds is 16. The summed E-state index contributed by atoms with van der Waals surface area (Å²) in [7, 11) is 0. The van der Waals surface area contributed by atoms with Crippen LogP contribution in [0.15, 0.2) is 12.2 Å². The van der Waals surface area contributed by atoms with Gasteiger partial charge in [-0.05, 0) is 52.5 Å². The normalized spacial score (nSPS) is 21.7. The molecule has 0 aromatic heterocycles. The minimum absolute atomic E-state index is 0.411. The first-order valence-corrected chi connectivity index (χ1v) is 11.7. The Morgan fingerprint density at radius 2 is 1.15 bits per heavy atom. The zero-order chi connectivity index (χ0) is 18.9. The van der Waals surface area contributed by atoms with Crippen molar-refractivity contribution in [3.05, 3.63) is 12.2 Å². The van der Waals surface area contributed by atoms with E-state index in [1.54, 1.807) is 0 Å². The fourth-order valence-electron chi connectivity index (χ4n) is 4.05. The predicted octanol–water partition coefficient (Wildman–Crippen LogP) is 7.13. The summed E-state index contributed by atoms with van der Waals surface area (Å²) >= 11 is 0. The van der Waals surface area contributed by atoms with E-state index in [-0.39, 0.29) is 0 Å². The molecular formula is C24H47NO. The van der Waals surface area contributed by atoms with Crippen molar-refractivity contribution in [1.82, 2.24) is 4.90 Å². The molecule has 2 atom stereocenters. The van der Waals surface area contributed by atoms with Gasteiger partial charge >= 0.3 is 0 Å². The van der Waals surface area contributed by atoms with Crippen LogP contribution < -0.4 is 0 Å². The summed E-state index contributed by atoms with van der Waals surface area (Å²) in [6.07, 6.45) is 25.1. The molecule has 1 saturated heterocycles. The molecule has 0 radical (unpaired) electrons. The smallest absolute Gasteiger partial charge is 0.0678 e. The van der Waals surface area contributed by atoms with Crippen molar-refractivity contribution in [2.45, 2.75) is 123 Å². The maximum absolute atomic E-state index is 5.80. The van der Waals surface area contributed by atoms with Crippen molar-refractivity contribution in [2.75, 3.05) is 19.6 Å². The standard InChI is InChI=1S/C24H47NO/c1-4-5-6-7-8-9-10-11-12-13-14-15-16-17-18-19-20-25-21-23(2)26-24(3)22-25/h10-11,23-24H,4-9,12-22H2,1-3H3. The molecule has 0 aliphatic carbocycles. The number of ether oxygens (including phenoxy) is 1. The quantitative estimate of drug-likeness (QED) is 0.213. The largest absolute Gasteiger partial charge is 0.373 e. The first-order valence-electron chi connectivity index (χ1n) is 11.7. The number of allylic oxidation sites excluding steroid dienone is 2. The molecule has 0 spiro atoms. The van der Waals surface area contributed by atoms with E-state index in [0.29, 0.717) is 12.2 Å². The van der Waals surface area contributed by atoms with Crippen molar-refractivity contribution in [3.63, 3.8) is 0 Å². The summed E-state index contributed by atoms with van der Waals surface area (Å²) in [5.74, 6) is 0. The van der Waals surface area contributed by atoms with Crippen molar-refractivity contribution in [2.24, 2.45) is 0 Å². The van der Waals surface area contributed by atoms with Crippen molar-refractivity contribution >= 4 is 0 Å². The number of morpholine rings is 1. The van der Waals surface area contributed by atoms with Crippen LogP contribution in [0.1, 0.15) is 111 Å². The number of hydrogen-bond donors (Lipinski definition) is 0. The van der Waals surface area contributed by atoms with E-state index in [9.17, 15) is 0 Å².